The van der Waals surface area contributed by atoms with Gasteiger partial charge < -0.3 is 4.98 Å². The fraction of sp³-hybridized carbons (Fsp3) is 0. The van der Waals surface area contributed by atoms with Crippen molar-refractivity contribution in [1.82, 2.24) is 9.97 Å². The number of aromatic amines is 1. The average molecular weight is 308 g/mol. The topological polar surface area (TPSA) is 71.8 Å². The van der Waals surface area contributed by atoms with Gasteiger partial charge in [-0.05, 0) is 18.2 Å². The van der Waals surface area contributed by atoms with Crippen LogP contribution in [0.4, 0.5) is 5.69 Å². The van der Waals surface area contributed by atoms with Crippen LogP contribution in [-0.4, -0.2) is 14.9 Å². The molecule has 1 heterocycles. The molecule has 0 bridgehead atoms. The average Bonchev–Trinajstić information content (AvgIpc) is 2.81. The molecule has 0 amide bonds. The molecule has 0 spiro atoms. The van der Waals surface area contributed by atoms with Crippen molar-refractivity contribution < 1.29 is 4.92 Å². The Morgan fingerprint density at radius 3 is 2.60 bits per heavy atom. The molecule has 0 atom stereocenters. The van der Waals surface area contributed by atoms with Crippen molar-refractivity contribution in [1.29, 1.82) is 0 Å². The van der Waals surface area contributed by atoms with Gasteiger partial charge in [-0.3, -0.25) is 10.1 Å². The smallest absolute Gasteiger partial charge is 0.288 e. The van der Waals surface area contributed by atoms with Crippen molar-refractivity contribution >= 4 is 39.9 Å². The van der Waals surface area contributed by atoms with Gasteiger partial charge in [0.25, 0.3) is 5.69 Å². The fourth-order valence-corrected chi connectivity index (χ4v) is 2.48. The van der Waals surface area contributed by atoms with Crippen LogP contribution in [0.1, 0.15) is 0 Å². The van der Waals surface area contributed by atoms with Gasteiger partial charge in [-0.15, -0.1) is 0 Å². The van der Waals surface area contributed by atoms with Crippen LogP contribution in [0, 0.1) is 10.1 Å². The van der Waals surface area contributed by atoms with Crippen LogP contribution in [0.25, 0.3) is 22.4 Å². The molecule has 0 fully saturated rings. The van der Waals surface area contributed by atoms with E-state index in [-0.39, 0.29) is 10.7 Å². The Kier molecular flexibility index (Phi) is 3.08. The normalized spacial score (nSPS) is 10.9. The predicted molar refractivity (Wildman–Crippen MR) is 78.2 cm³/mol. The summed E-state index contributed by atoms with van der Waals surface area (Å²) in [7, 11) is 0. The summed E-state index contributed by atoms with van der Waals surface area (Å²) in [6.07, 6.45) is 0. The first kappa shape index (κ1) is 12.9. The van der Waals surface area contributed by atoms with Crippen LogP contribution < -0.4 is 0 Å². The van der Waals surface area contributed by atoms with E-state index in [0.717, 1.165) is 11.0 Å². The SMILES string of the molecule is O=[N+]([O-])c1cc(-c2nc3ccccc3[nH]2)c(Cl)cc1Cl. The van der Waals surface area contributed by atoms with E-state index in [1.807, 2.05) is 24.3 Å². The van der Waals surface area contributed by atoms with Crippen LogP contribution in [0.3, 0.4) is 0 Å². The summed E-state index contributed by atoms with van der Waals surface area (Å²) < 4.78 is 0. The lowest BCUT2D eigenvalue weighted by Crippen LogP contribution is -1.91. The van der Waals surface area contributed by atoms with Gasteiger partial charge in [0.2, 0.25) is 0 Å². The maximum atomic E-state index is 10.9. The minimum atomic E-state index is -0.551. The third-order valence-electron chi connectivity index (χ3n) is 2.88. The highest BCUT2D eigenvalue weighted by Gasteiger charge is 2.18. The molecule has 20 heavy (non-hydrogen) atoms. The number of nitrogens with one attached hydrogen (secondary N) is 1. The summed E-state index contributed by atoms with van der Waals surface area (Å²) >= 11 is 11.9. The molecule has 0 aliphatic carbocycles. The van der Waals surface area contributed by atoms with E-state index < -0.39 is 4.92 Å². The number of hydrogen-bond donors (Lipinski definition) is 1. The summed E-state index contributed by atoms with van der Waals surface area (Å²) in [6, 6.07) is 10.1. The molecular formula is C13H7Cl2N3O2. The number of fused-ring (bicyclic) bond motifs is 1. The van der Waals surface area contributed by atoms with Crippen LogP contribution >= 0.6 is 23.2 Å². The molecule has 5 nitrogen and oxygen atoms in total. The van der Waals surface area contributed by atoms with Crippen molar-refractivity contribution in [3.63, 3.8) is 0 Å². The van der Waals surface area contributed by atoms with E-state index in [1.54, 1.807) is 0 Å². The largest absolute Gasteiger partial charge is 0.338 e. The summed E-state index contributed by atoms with van der Waals surface area (Å²) in [5, 5.41) is 11.2. The zero-order chi connectivity index (χ0) is 14.3. The Hall–Kier alpha value is -2.11. The van der Waals surface area contributed by atoms with E-state index in [2.05, 4.69) is 9.97 Å². The number of halogens is 2. The summed E-state index contributed by atoms with van der Waals surface area (Å²) in [4.78, 5) is 17.8. The van der Waals surface area contributed by atoms with Crippen molar-refractivity contribution in [2.75, 3.05) is 0 Å². The molecule has 0 radical (unpaired) electrons. The Balaban J connectivity index is 2.22. The number of nitro benzene ring substituents is 1. The summed E-state index contributed by atoms with van der Waals surface area (Å²) in [5.74, 6) is 0.468. The third kappa shape index (κ3) is 2.11. The number of benzene rings is 2. The molecule has 0 saturated heterocycles. The van der Waals surface area contributed by atoms with Gasteiger partial charge in [0, 0.05) is 11.6 Å². The highest BCUT2D eigenvalue weighted by molar-refractivity contribution is 6.37. The van der Waals surface area contributed by atoms with Crippen LogP contribution in [-0.2, 0) is 0 Å². The Morgan fingerprint density at radius 1 is 1.15 bits per heavy atom. The molecule has 1 N–H and O–H groups in total. The molecule has 1 aromatic heterocycles. The molecule has 7 heteroatoms. The lowest BCUT2D eigenvalue weighted by atomic mass is 10.2. The number of imidazole rings is 1. The first-order valence-electron chi connectivity index (χ1n) is 5.65. The first-order valence-corrected chi connectivity index (χ1v) is 6.40. The van der Waals surface area contributed by atoms with Crippen LogP contribution in [0.15, 0.2) is 36.4 Å². The van der Waals surface area contributed by atoms with Gasteiger partial charge in [-0.25, -0.2) is 4.98 Å². The minimum absolute atomic E-state index is 0.000129. The van der Waals surface area contributed by atoms with Crippen molar-refractivity contribution in [3.05, 3.63) is 56.6 Å². The first-order chi connectivity index (χ1) is 9.56. The number of nitro groups is 1. The lowest BCUT2D eigenvalue weighted by molar-refractivity contribution is -0.384. The monoisotopic (exact) mass is 307 g/mol. The van der Waals surface area contributed by atoms with E-state index in [4.69, 9.17) is 23.2 Å². The van der Waals surface area contributed by atoms with Gasteiger partial charge in [0.05, 0.1) is 21.0 Å². The van der Waals surface area contributed by atoms with Crippen molar-refractivity contribution in [2.24, 2.45) is 0 Å². The maximum absolute atomic E-state index is 10.9. The van der Waals surface area contributed by atoms with E-state index in [9.17, 15) is 10.1 Å². The number of para-hydroxylation sites is 2. The Labute approximate surface area is 123 Å². The van der Waals surface area contributed by atoms with E-state index >= 15 is 0 Å². The van der Waals surface area contributed by atoms with Gasteiger partial charge in [-0.2, -0.15) is 0 Å². The predicted octanol–water partition coefficient (Wildman–Crippen LogP) is 4.44. The van der Waals surface area contributed by atoms with E-state index in [1.165, 1.54) is 12.1 Å². The summed E-state index contributed by atoms with van der Waals surface area (Å²) in [5.41, 5.74) is 1.83. The quantitative estimate of drug-likeness (QED) is 0.561. The second-order valence-electron chi connectivity index (χ2n) is 4.14. The Bertz CT molecular complexity index is 797. The molecule has 3 rings (SSSR count). The molecule has 2 aromatic carbocycles. The number of hydrogen-bond acceptors (Lipinski definition) is 3. The van der Waals surface area contributed by atoms with Crippen molar-refractivity contribution in [3.8, 4) is 11.4 Å². The molecular weight excluding hydrogens is 301 g/mol. The van der Waals surface area contributed by atoms with Gasteiger partial charge in [-0.1, -0.05) is 35.3 Å². The van der Waals surface area contributed by atoms with Gasteiger partial charge in [0.15, 0.2) is 0 Å². The second kappa shape index (κ2) is 4.77. The molecule has 0 unspecified atom stereocenters. The van der Waals surface area contributed by atoms with Crippen molar-refractivity contribution in [2.45, 2.75) is 0 Å². The van der Waals surface area contributed by atoms with Gasteiger partial charge >= 0.3 is 0 Å². The zero-order valence-electron chi connectivity index (χ0n) is 9.93. The number of aromatic nitrogens is 2. The summed E-state index contributed by atoms with van der Waals surface area (Å²) in [6.45, 7) is 0. The molecule has 0 aliphatic rings. The Morgan fingerprint density at radius 2 is 1.90 bits per heavy atom. The molecule has 3 aromatic rings. The second-order valence-corrected chi connectivity index (χ2v) is 4.96. The standard InChI is InChI=1S/C13H7Cl2N3O2/c14-8-6-9(15)12(18(19)20)5-7(8)13-16-10-3-1-2-4-11(10)17-13/h1-6H,(H,16,17). The number of rotatable bonds is 2. The highest BCUT2D eigenvalue weighted by Crippen LogP contribution is 2.36. The highest BCUT2D eigenvalue weighted by atomic mass is 35.5. The number of nitrogens with zero attached hydrogens (tertiary/aromatic N) is 2. The zero-order valence-corrected chi connectivity index (χ0v) is 11.4. The van der Waals surface area contributed by atoms with Crippen LogP contribution in [0.5, 0.6) is 0 Å². The molecule has 100 valence electrons. The third-order valence-corrected chi connectivity index (χ3v) is 3.49. The van der Waals surface area contributed by atoms with Gasteiger partial charge in [0.1, 0.15) is 10.8 Å². The molecule has 0 aliphatic heterocycles. The van der Waals surface area contributed by atoms with E-state index in [0.29, 0.717) is 16.4 Å². The van der Waals surface area contributed by atoms with Crippen LogP contribution in [0.2, 0.25) is 10.0 Å². The fourth-order valence-electron chi connectivity index (χ4n) is 1.94. The number of H-pyrrole nitrogens is 1. The minimum Gasteiger partial charge on any atom is -0.338 e. The lowest BCUT2D eigenvalue weighted by Gasteiger charge is -2.02. The maximum Gasteiger partial charge on any atom is 0.288 e. The molecule has 0 saturated carbocycles.